The number of ether oxygens (including phenoxy) is 2. The molecule has 2 aromatic rings. The van der Waals surface area contributed by atoms with E-state index in [9.17, 15) is 4.79 Å². The lowest BCUT2D eigenvalue weighted by Gasteiger charge is -2.32. The summed E-state index contributed by atoms with van der Waals surface area (Å²) in [5, 5.41) is 2.83. The Hall–Kier alpha value is -2.77. The highest BCUT2D eigenvalue weighted by molar-refractivity contribution is 6.56. The van der Waals surface area contributed by atoms with Crippen molar-refractivity contribution in [2.75, 3.05) is 13.2 Å². The van der Waals surface area contributed by atoms with Gasteiger partial charge in [-0.15, -0.1) is 0 Å². The van der Waals surface area contributed by atoms with Crippen LogP contribution >= 0.6 is 0 Å². The molecule has 1 aliphatic rings. The summed E-state index contributed by atoms with van der Waals surface area (Å²) in [6.45, 7) is 10.9. The number of nitrogens with one attached hydrogen (secondary N) is 1. The average molecular weight is 437 g/mol. The van der Waals surface area contributed by atoms with Gasteiger partial charge in [0.15, 0.2) is 0 Å². The average Bonchev–Trinajstić information content (AvgIpc) is 2.98. The Morgan fingerprint density at radius 1 is 1.00 bits per heavy atom. The quantitative estimate of drug-likeness (QED) is 0.587. The molecule has 0 radical (unpaired) electrons. The first-order valence-corrected chi connectivity index (χ1v) is 10.9. The molecule has 1 fully saturated rings. The van der Waals surface area contributed by atoms with Gasteiger partial charge in [0.1, 0.15) is 12.4 Å². The molecule has 0 aromatic heterocycles. The number of carbonyl (C=O) groups is 1. The Kier molecular flexibility index (Phi) is 7.64. The van der Waals surface area contributed by atoms with Crippen LogP contribution in [0.5, 0.6) is 5.75 Å². The number of carbonyl (C=O) groups excluding carboxylic acids is 1. The van der Waals surface area contributed by atoms with Crippen LogP contribution in [0.15, 0.2) is 60.1 Å². The minimum absolute atomic E-state index is 0.204. The lowest BCUT2D eigenvalue weighted by atomic mass is 9.77. The van der Waals surface area contributed by atoms with Crippen LogP contribution in [0.4, 0.5) is 4.79 Å². The third-order valence-corrected chi connectivity index (χ3v) is 5.77. The molecular weight excluding hydrogens is 405 g/mol. The van der Waals surface area contributed by atoms with Crippen molar-refractivity contribution in [3.63, 3.8) is 0 Å². The number of amides is 1. The maximum Gasteiger partial charge on any atom is 0.492 e. The van der Waals surface area contributed by atoms with Gasteiger partial charge in [-0.25, -0.2) is 4.79 Å². The molecule has 1 N–H and O–H groups in total. The van der Waals surface area contributed by atoms with Crippen molar-refractivity contribution in [2.45, 2.75) is 52.4 Å². The minimum Gasteiger partial charge on any atom is -0.493 e. The smallest absolute Gasteiger partial charge is 0.492 e. The SMILES string of the molecule is CCOc1ccccc1C=C(CNC(=O)OCc1ccccc1)B1OC(C)(C)C(C)(C)O1. The maximum absolute atomic E-state index is 12.3. The summed E-state index contributed by atoms with van der Waals surface area (Å²) in [5.41, 5.74) is 1.59. The Morgan fingerprint density at radius 2 is 1.62 bits per heavy atom. The topological polar surface area (TPSA) is 66.0 Å². The van der Waals surface area contributed by atoms with E-state index in [1.165, 1.54) is 0 Å². The van der Waals surface area contributed by atoms with Gasteiger partial charge in [-0.2, -0.15) is 0 Å². The van der Waals surface area contributed by atoms with Crippen molar-refractivity contribution in [3.05, 3.63) is 71.2 Å². The first-order chi connectivity index (χ1) is 15.2. The molecule has 1 heterocycles. The Morgan fingerprint density at radius 3 is 2.28 bits per heavy atom. The number of hydrogen-bond donors (Lipinski definition) is 1. The van der Waals surface area contributed by atoms with E-state index in [2.05, 4.69) is 5.32 Å². The van der Waals surface area contributed by atoms with E-state index in [1.54, 1.807) is 0 Å². The second-order valence-electron chi connectivity index (χ2n) is 8.69. The van der Waals surface area contributed by atoms with Crippen molar-refractivity contribution >= 4 is 19.3 Å². The normalized spacial score (nSPS) is 17.2. The van der Waals surface area contributed by atoms with E-state index >= 15 is 0 Å². The van der Waals surface area contributed by atoms with Crippen molar-refractivity contribution in [3.8, 4) is 5.75 Å². The van der Waals surface area contributed by atoms with Crippen LogP contribution in [0, 0.1) is 0 Å². The van der Waals surface area contributed by atoms with E-state index in [4.69, 9.17) is 18.8 Å². The summed E-state index contributed by atoms with van der Waals surface area (Å²) in [6.07, 6.45) is 1.44. The lowest BCUT2D eigenvalue weighted by molar-refractivity contribution is 0.00578. The van der Waals surface area contributed by atoms with Gasteiger partial charge in [-0.05, 0) is 51.7 Å². The van der Waals surface area contributed by atoms with Crippen LogP contribution in [0.25, 0.3) is 6.08 Å². The number of rotatable bonds is 8. The van der Waals surface area contributed by atoms with Gasteiger partial charge in [0.2, 0.25) is 0 Å². The lowest BCUT2D eigenvalue weighted by Crippen LogP contribution is -2.41. The molecule has 0 atom stereocenters. The van der Waals surface area contributed by atoms with Gasteiger partial charge >= 0.3 is 13.2 Å². The number of alkyl carbamates (subject to hydrolysis) is 1. The number of para-hydroxylation sites is 1. The monoisotopic (exact) mass is 437 g/mol. The highest BCUT2D eigenvalue weighted by Crippen LogP contribution is 2.39. The van der Waals surface area contributed by atoms with Gasteiger partial charge in [-0.1, -0.05) is 54.6 Å². The molecule has 1 saturated heterocycles. The summed E-state index contributed by atoms with van der Waals surface area (Å²) < 4.78 is 23.6. The van der Waals surface area contributed by atoms with Crippen molar-refractivity contribution in [1.82, 2.24) is 5.32 Å². The van der Waals surface area contributed by atoms with Crippen molar-refractivity contribution in [1.29, 1.82) is 0 Å². The zero-order valence-electron chi connectivity index (χ0n) is 19.5. The Labute approximate surface area is 191 Å². The van der Waals surface area contributed by atoms with Gasteiger partial charge in [0, 0.05) is 12.1 Å². The zero-order chi connectivity index (χ0) is 23.2. The van der Waals surface area contributed by atoms with Crippen molar-refractivity contribution in [2.24, 2.45) is 0 Å². The first-order valence-electron chi connectivity index (χ1n) is 10.9. The van der Waals surface area contributed by atoms with Crippen LogP contribution in [-0.4, -0.2) is 37.6 Å². The van der Waals surface area contributed by atoms with E-state index in [0.29, 0.717) is 6.61 Å². The van der Waals surface area contributed by atoms with Gasteiger partial charge in [-0.3, -0.25) is 0 Å². The third-order valence-electron chi connectivity index (χ3n) is 5.77. The summed E-state index contributed by atoms with van der Waals surface area (Å²) in [5.74, 6) is 0.760. The first kappa shape index (κ1) is 23.9. The van der Waals surface area contributed by atoms with Gasteiger partial charge in [0.05, 0.1) is 17.8 Å². The molecule has 0 unspecified atom stereocenters. The fraction of sp³-hybridized carbons (Fsp3) is 0.400. The Balaban J connectivity index is 1.76. The molecule has 3 rings (SSSR count). The molecule has 1 aliphatic heterocycles. The molecule has 0 saturated carbocycles. The van der Waals surface area contributed by atoms with E-state index in [-0.39, 0.29) is 13.2 Å². The standard InChI is InChI=1S/C25H32BNO5/c1-6-29-22-15-11-10-14-20(22)16-21(26-31-24(2,3)25(4,5)32-26)17-27-23(28)30-18-19-12-8-7-9-13-19/h7-16H,6,17-18H2,1-5H3,(H,27,28). The van der Waals surface area contributed by atoms with E-state index < -0.39 is 24.4 Å². The van der Waals surface area contributed by atoms with Gasteiger partial charge in [0.25, 0.3) is 0 Å². The van der Waals surface area contributed by atoms with E-state index in [0.717, 1.165) is 22.3 Å². The number of benzene rings is 2. The predicted molar refractivity (Wildman–Crippen MR) is 126 cm³/mol. The molecule has 0 aliphatic carbocycles. The molecule has 32 heavy (non-hydrogen) atoms. The second kappa shape index (κ2) is 10.2. The molecule has 0 spiro atoms. The largest absolute Gasteiger partial charge is 0.493 e. The fourth-order valence-corrected chi connectivity index (χ4v) is 3.23. The summed E-state index contributed by atoms with van der Waals surface area (Å²) >= 11 is 0. The predicted octanol–water partition coefficient (Wildman–Crippen LogP) is 5.03. The minimum atomic E-state index is -0.607. The van der Waals surface area contributed by atoms with E-state index in [1.807, 2.05) is 95.3 Å². The summed E-state index contributed by atoms with van der Waals surface area (Å²) in [6, 6.07) is 17.3. The molecule has 0 bridgehead atoms. The molecule has 2 aromatic carbocycles. The van der Waals surface area contributed by atoms with Crippen LogP contribution < -0.4 is 10.1 Å². The summed E-state index contributed by atoms with van der Waals surface area (Å²) in [4.78, 5) is 12.3. The number of hydrogen-bond acceptors (Lipinski definition) is 5. The third kappa shape index (κ3) is 5.93. The van der Waals surface area contributed by atoms with Crippen molar-refractivity contribution < 1.29 is 23.6 Å². The Bertz CT molecular complexity index is 926. The second-order valence-corrected chi connectivity index (χ2v) is 8.69. The highest BCUT2D eigenvalue weighted by Gasteiger charge is 2.52. The van der Waals surface area contributed by atoms with Crippen LogP contribution in [-0.2, 0) is 20.7 Å². The summed E-state index contributed by atoms with van der Waals surface area (Å²) in [7, 11) is -0.607. The molecule has 7 heteroatoms. The molecular formula is C25H32BNO5. The maximum atomic E-state index is 12.3. The zero-order valence-corrected chi connectivity index (χ0v) is 19.5. The van der Waals surface area contributed by atoms with Crippen LogP contribution in [0.1, 0.15) is 45.7 Å². The fourth-order valence-electron chi connectivity index (χ4n) is 3.23. The van der Waals surface area contributed by atoms with Crippen LogP contribution in [0.2, 0.25) is 0 Å². The molecule has 170 valence electrons. The van der Waals surface area contributed by atoms with Crippen LogP contribution in [0.3, 0.4) is 0 Å². The molecule has 6 nitrogen and oxygen atoms in total. The molecule has 1 amide bonds. The van der Waals surface area contributed by atoms with Gasteiger partial charge < -0.3 is 24.1 Å². The highest BCUT2D eigenvalue weighted by atomic mass is 16.7.